The molecule has 124 valence electrons. The lowest BCUT2D eigenvalue weighted by Crippen LogP contribution is -2.04. The van der Waals surface area contributed by atoms with Gasteiger partial charge >= 0.3 is 5.97 Å². The number of hydrogen-bond acceptors (Lipinski definition) is 5. The van der Waals surface area contributed by atoms with Crippen LogP contribution in [0.3, 0.4) is 0 Å². The third-order valence-electron chi connectivity index (χ3n) is 3.24. The van der Waals surface area contributed by atoms with E-state index < -0.39 is 5.97 Å². The summed E-state index contributed by atoms with van der Waals surface area (Å²) < 4.78 is 15.3. The summed E-state index contributed by atoms with van der Waals surface area (Å²) in [6.07, 6.45) is 3.17. The molecule has 5 nitrogen and oxygen atoms in total. The number of ether oxygens (including phenoxy) is 3. The van der Waals surface area contributed by atoms with Crippen LogP contribution in [0.15, 0.2) is 48.5 Å². The zero-order valence-corrected chi connectivity index (χ0v) is 13.7. The molecule has 2 rings (SSSR count). The Balaban J connectivity index is 2.19. The van der Waals surface area contributed by atoms with Crippen LogP contribution in [-0.4, -0.2) is 26.0 Å². The molecule has 0 saturated carbocycles. The number of esters is 1. The lowest BCUT2D eigenvalue weighted by molar-refractivity contribution is -0.132. The van der Waals surface area contributed by atoms with Crippen LogP contribution in [0.5, 0.6) is 17.2 Å². The summed E-state index contributed by atoms with van der Waals surface area (Å²) in [6, 6.07) is 12.0. The fourth-order valence-corrected chi connectivity index (χ4v) is 2.05. The fraction of sp³-hybridized carbons (Fsp3) is 0.158. The monoisotopic (exact) mass is 326 g/mol. The Kier molecular flexibility index (Phi) is 5.73. The minimum atomic E-state index is -0.480. The quantitative estimate of drug-likeness (QED) is 0.352. The van der Waals surface area contributed by atoms with Crippen LogP contribution in [0.25, 0.3) is 6.08 Å². The number of allylic oxidation sites excluding steroid dienone is 1. The Bertz CT molecular complexity index is 760. The molecule has 0 spiro atoms. The van der Waals surface area contributed by atoms with E-state index in [1.807, 2.05) is 24.3 Å². The third kappa shape index (κ3) is 4.46. The molecule has 0 aliphatic carbocycles. The Labute approximate surface area is 140 Å². The van der Waals surface area contributed by atoms with Crippen molar-refractivity contribution in [1.29, 1.82) is 0 Å². The van der Waals surface area contributed by atoms with Crippen molar-refractivity contribution in [1.82, 2.24) is 0 Å². The van der Waals surface area contributed by atoms with Crippen LogP contribution < -0.4 is 14.2 Å². The first-order valence-corrected chi connectivity index (χ1v) is 7.26. The van der Waals surface area contributed by atoms with Crippen LogP contribution in [0, 0.1) is 0 Å². The van der Waals surface area contributed by atoms with Gasteiger partial charge in [-0.25, -0.2) is 0 Å². The second-order valence-corrected chi connectivity index (χ2v) is 4.93. The highest BCUT2D eigenvalue weighted by Crippen LogP contribution is 2.28. The van der Waals surface area contributed by atoms with Gasteiger partial charge in [-0.05, 0) is 42.0 Å². The maximum Gasteiger partial charge on any atom is 0.308 e. The van der Waals surface area contributed by atoms with Crippen molar-refractivity contribution in [2.24, 2.45) is 0 Å². The number of carbonyl (C=O) groups excluding carboxylic acids is 2. The molecule has 0 bridgehead atoms. The largest absolute Gasteiger partial charge is 0.497 e. The van der Waals surface area contributed by atoms with Gasteiger partial charge < -0.3 is 14.2 Å². The Morgan fingerprint density at radius 2 is 1.62 bits per heavy atom. The summed E-state index contributed by atoms with van der Waals surface area (Å²) >= 11 is 0. The SMILES string of the molecule is COc1ccc(/C=C/C(=O)c2ccc(OC)c(OC(C)=O)c2)cc1. The highest BCUT2D eigenvalue weighted by atomic mass is 16.6. The Hall–Kier alpha value is -3.08. The van der Waals surface area contributed by atoms with Crippen molar-refractivity contribution < 1.29 is 23.8 Å². The molecule has 24 heavy (non-hydrogen) atoms. The summed E-state index contributed by atoms with van der Waals surface area (Å²) in [5.74, 6) is 0.669. The van der Waals surface area contributed by atoms with E-state index in [0.717, 1.165) is 11.3 Å². The van der Waals surface area contributed by atoms with Gasteiger partial charge in [-0.1, -0.05) is 18.2 Å². The van der Waals surface area contributed by atoms with Gasteiger partial charge in [0.1, 0.15) is 5.75 Å². The third-order valence-corrected chi connectivity index (χ3v) is 3.24. The van der Waals surface area contributed by atoms with Crippen LogP contribution in [-0.2, 0) is 4.79 Å². The van der Waals surface area contributed by atoms with Gasteiger partial charge in [-0.2, -0.15) is 0 Å². The second-order valence-electron chi connectivity index (χ2n) is 4.93. The van der Waals surface area contributed by atoms with Crippen molar-refractivity contribution in [3.8, 4) is 17.2 Å². The summed E-state index contributed by atoms with van der Waals surface area (Å²) in [7, 11) is 3.06. The molecule has 0 radical (unpaired) electrons. The second kappa shape index (κ2) is 7.97. The smallest absolute Gasteiger partial charge is 0.308 e. The standard InChI is InChI=1S/C19H18O5/c1-13(20)24-19-12-15(7-11-18(19)23-3)17(21)10-6-14-4-8-16(22-2)9-5-14/h4-12H,1-3H3/b10-6+. The van der Waals surface area contributed by atoms with E-state index in [2.05, 4.69) is 0 Å². The molecule has 0 aliphatic rings. The van der Waals surface area contributed by atoms with Gasteiger partial charge in [-0.3, -0.25) is 9.59 Å². The molecule has 0 fully saturated rings. The average molecular weight is 326 g/mol. The number of benzene rings is 2. The zero-order chi connectivity index (χ0) is 17.5. The topological polar surface area (TPSA) is 61.8 Å². The van der Waals surface area contributed by atoms with Crippen LogP contribution >= 0.6 is 0 Å². The van der Waals surface area contributed by atoms with Gasteiger partial charge in [0.05, 0.1) is 14.2 Å². The number of rotatable bonds is 6. The molecule has 0 N–H and O–H groups in total. The minimum absolute atomic E-state index is 0.207. The van der Waals surface area contributed by atoms with Gasteiger partial charge in [0.25, 0.3) is 0 Å². The first-order chi connectivity index (χ1) is 11.5. The number of methoxy groups -OCH3 is 2. The maximum absolute atomic E-state index is 12.3. The normalized spacial score (nSPS) is 10.5. The lowest BCUT2D eigenvalue weighted by atomic mass is 10.1. The van der Waals surface area contributed by atoms with E-state index in [9.17, 15) is 9.59 Å². The molecule has 0 atom stereocenters. The summed E-state index contributed by atoms with van der Waals surface area (Å²) in [5, 5.41) is 0. The van der Waals surface area contributed by atoms with Crippen molar-refractivity contribution in [2.45, 2.75) is 6.92 Å². The van der Waals surface area contributed by atoms with Crippen LogP contribution in [0.2, 0.25) is 0 Å². The number of hydrogen-bond donors (Lipinski definition) is 0. The summed E-state index contributed by atoms with van der Waals surface area (Å²) in [4.78, 5) is 23.4. The molecule has 0 amide bonds. The number of carbonyl (C=O) groups is 2. The van der Waals surface area contributed by atoms with Crippen LogP contribution in [0.4, 0.5) is 0 Å². The van der Waals surface area contributed by atoms with E-state index in [1.54, 1.807) is 25.3 Å². The summed E-state index contributed by atoms with van der Waals surface area (Å²) in [6.45, 7) is 1.29. The fourth-order valence-electron chi connectivity index (χ4n) is 2.05. The van der Waals surface area contributed by atoms with Crippen LogP contribution in [0.1, 0.15) is 22.8 Å². The van der Waals surface area contributed by atoms with Crippen molar-refractivity contribution in [2.75, 3.05) is 14.2 Å². The highest BCUT2D eigenvalue weighted by molar-refractivity contribution is 6.07. The molecule has 0 aliphatic heterocycles. The van der Waals surface area contributed by atoms with Crippen molar-refractivity contribution in [3.05, 3.63) is 59.7 Å². The first kappa shape index (κ1) is 17.3. The molecule has 0 aromatic heterocycles. The predicted octanol–water partition coefficient (Wildman–Crippen LogP) is 3.53. The minimum Gasteiger partial charge on any atom is -0.497 e. The molecule has 2 aromatic carbocycles. The highest BCUT2D eigenvalue weighted by Gasteiger charge is 2.11. The first-order valence-electron chi connectivity index (χ1n) is 7.26. The Morgan fingerprint density at radius 3 is 2.21 bits per heavy atom. The van der Waals surface area contributed by atoms with E-state index in [4.69, 9.17) is 14.2 Å². The van der Waals surface area contributed by atoms with Crippen molar-refractivity contribution >= 4 is 17.8 Å². The van der Waals surface area contributed by atoms with E-state index in [-0.39, 0.29) is 11.5 Å². The van der Waals surface area contributed by atoms with E-state index in [1.165, 1.54) is 26.2 Å². The predicted molar refractivity (Wildman–Crippen MR) is 90.7 cm³/mol. The zero-order valence-electron chi connectivity index (χ0n) is 13.7. The average Bonchev–Trinajstić information content (AvgIpc) is 2.59. The van der Waals surface area contributed by atoms with Gasteiger partial charge in [0.15, 0.2) is 17.3 Å². The molecule has 5 heteroatoms. The number of ketones is 1. The molecule has 0 unspecified atom stereocenters. The van der Waals surface area contributed by atoms with Gasteiger partial charge in [0.2, 0.25) is 0 Å². The van der Waals surface area contributed by atoms with Crippen molar-refractivity contribution in [3.63, 3.8) is 0 Å². The lowest BCUT2D eigenvalue weighted by Gasteiger charge is -2.08. The van der Waals surface area contributed by atoms with E-state index in [0.29, 0.717) is 11.3 Å². The maximum atomic E-state index is 12.3. The molecular formula is C19H18O5. The molecule has 2 aromatic rings. The molecule has 0 heterocycles. The van der Waals surface area contributed by atoms with E-state index >= 15 is 0 Å². The van der Waals surface area contributed by atoms with Gasteiger partial charge in [0, 0.05) is 12.5 Å². The Morgan fingerprint density at radius 1 is 0.917 bits per heavy atom. The van der Waals surface area contributed by atoms with Gasteiger partial charge in [-0.15, -0.1) is 0 Å². The summed E-state index contributed by atoms with van der Waals surface area (Å²) in [5.41, 5.74) is 1.27. The molecule has 0 saturated heterocycles. The molecular weight excluding hydrogens is 308 g/mol.